The average Bonchev–Trinajstić information content (AvgIpc) is 3.31. The number of amides is 1. The smallest absolute Gasteiger partial charge is 0.224 e. The third-order valence-electron chi connectivity index (χ3n) is 4.75. The van der Waals surface area contributed by atoms with Gasteiger partial charge in [-0.3, -0.25) is 9.36 Å². The van der Waals surface area contributed by atoms with E-state index in [9.17, 15) is 4.79 Å². The van der Waals surface area contributed by atoms with Gasteiger partial charge in [0.2, 0.25) is 5.91 Å². The van der Waals surface area contributed by atoms with E-state index in [1.807, 2.05) is 66.2 Å². The molecular weight excluding hydrogens is 388 g/mol. The summed E-state index contributed by atoms with van der Waals surface area (Å²) in [5.74, 6) is 2.11. The van der Waals surface area contributed by atoms with E-state index in [4.69, 9.17) is 0 Å². The van der Waals surface area contributed by atoms with Crippen molar-refractivity contribution in [2.75, 3.05) is 10.6 Å². The van der Waals surface area contributed by atoms with Crippen molar-refractivity contribution in [3.05, 3.63) is 90.8 Å². The van der Waals surface area contributed by atoms with Crippen LogP contribution >= 0.6 is 0 Å². The van der Waals surface area contributed by atoms with Gasteiger partial charge in [0.05, 0.1) is 0 Å². The molecule has 0 bridgehead atoms. The molecule has 0 aliphatic rings. The predicted octanol–water partition coefficient (Wildman–Crippen LogP) is 4.68. The lowest BCUT2D eigenvalue weighted by Gasteiger charge is -2.10. The lowest BCUT2D eigenvalue weighted by atomic mass is 10.1. The van der Waals surface area contributed by atoms with E-state index in [-0.39, 0.29) is 5.91 Å². The van der Waals surface area contributed by atoms with Gasteiger partial charge in [0, 0.05) is 36.3 Å². The summed E-state index contributed by atoms with van der Waals surface area (Å²) in [5.41, 5.74) is 2.90. The lowest BCUT2D eigenvalue weighted by Crippen LogP contribution is -2.11. The minimum Gasteiger partial charge on any atom is -0.340 e. The Hall–Kier alpha value is -4.00. The summed E-state index contributed by atoms with van der Waals surface area (Å²) < 4.78 is 1.83. The number of aromatic nitrogens is 4. The first kappa shape index (κ1) is 20.3. The second kappa shape index (κ2) is 9.67. The van der Waals surface area contributed by atoms with Gasteiger partial charge in [-0.2, -0.15) is 0 Å². The molecule has 156 valence electrons. The van der Waals surface area contributed by atoms with Gasteiger partial charge in [-0.15, -0.1) is 0 Å². The molecule has 2 heterocycles. The van der Waals surface area contributed by atoms with E-state index in [2.05, 4.69) is 37.7 Å². The van der Waals surface area contributed by atoms with Crippen molar-refractivity contribution in [1.29, 1.82) is 0 Å². The molecule has 0 atom stereocenters. The van der Waals surface area contributed by atoms with Gasteiger partial charge < -0.3 is 10.6 Å². The highest BCUT2D eigenvalue weighted by Crippen LogP contribution is 2.19. The lowest BCUT2D eigenvalue weighted by molar-refractivity contribution is -0.116. The first-order chi connectivity index (χ1) is 15.2. The van der Waals surface area contributed by atoms with Gasteiger partial charge in [0.1, 0.15) is 23.8 Å². The molecule has 7 nitrogen and oxygen atoms in total. The molecule has 1 amide bonds. The van der Waals surface area contributed by atoms with Crippen LogP contribution in [0.15, 0.2) is 79.4 Å². The number of anilines is 3. The largest absolute Gasteiger partial charge is 0.340 e. The van der Waals surface area contributed by atoms with E-state index in [0.717, 1.165) is 30.0 Å². The van der Waals surface area contributed by atoms with E-state index >= 15 is 0 Å². The molecule has 2 aromatic carbocycles. The Morgan fingerprint density at radius 2 is 1.77 bits per heavy atom. The van der Waals surface area contributed by atoms with Crippen molar-refractivity contribution >= 4 is 23.1 Å². The highest BCUT2D eigenvalue weighted by molar-refractivity contribution is 5.90. The van der Waals surface area contributed by atoms with Crippen LogP contribution in [0.3, 0.4) is 0 Å². The van der Waals surface area contributed by atoms with Crippen molar-refractivity contribution in [2.24, 2.45) is 0 Å². The number of hydrogen-bond acceptors (Lipinski definition) is 5. The second-order valence-corrected chi connectivity index (χ2v) is 7.22. The fourth-order valence-electron chi connectivity index (χ4n) is 3.25. The first-order valence-electron chi connectivity index (χ1n) is 10.2. The van der Waals surface area contributed by atoms with Gasteiger partial charge in [-0.25, -0.2) is 15.0 Å². The van der Waals surface area contributed by atoms with Gasteiger partial charge in [0.25, 0.3) is 0 Å². The molecule has 31 heavy (non-hydrogen) atoms. The fourth-order valence-corrected chi connectivity index (χ4v) is 3.25. The monoisotopic (exact) mass is 412 g/mol. The fraction of sp³-hybridized carbons (Fsp3) is 0.167. The molecule has 2 aromatic heterocycles. The summed E-state index contributed by atoms with van der Waals surface area (Å²) in [4.78, 5) is 25.1. The van der Waals surface area contributed by atoms with Crippen LogP contribution in [-0.2, 0) is 11.2 Å². The molecule has 7 heteroatoms. The Morgan fingerprint density at radius 3 is 2.52 bits per heavy atom. The van der Waals surface area contributed by atoms with Crippen molar-refractivity contribution in [3.63, 3.8) is 0 Å². The third kappa shape index (κ3) is 5.76. The van der Waals surface area contributed by atoms with E-state index in [1.165, 1.54) is 5.56 Å². The maximum atomic E-state index is 12.2. The maximum Gasteiger partial charge on any atom is 0.224 e. The normalized spacial score (nSPS) is 10.6. The Bertz CT molecular complexity index is 1120. The van der Waals surface area contributed by atoms with E-state index in [1.54, 1.807) is 12.5 Å². The summed E-state index contributed by atoms with van der Waals surface area (Å²) >= 11 is 0. The number of benzene rings is 2. The molecule has 2 N–H and O–H groups in total. The summed E-state index contributed by atoms with van der Waals surface area (Å²) in [6.07, 6.45) is 7.45. The molecule has 0 fully saturated rings. The number of nitrogens with one attached hydrogen (secondary N) is 2. The van der Waals surface area contributed by atoms with Crippen molar-refractivity contribution < 1.29 is 4.79 Å². The Kier molecular flexibility index (Phi) is 6.32. The van der Waals surface area contributed by atoms with Crippen LogP contribution < -0.4 is 10.6 Å². The highest BCUT2D eigenvalue weighted by atomic mass is 16.1. The van der Waals surface area contributed by atoms with Crippen molar-refractivity contribution in [2.45, 2.75) is 26.2 Å². The van der Waals surface area contributed by atoms with Crippen molar-refractivity contribution in [1.82, 2.24) is 19.5 Å². The first-order valence-corrected chi connectivity index (χ1v) is 10.2. The standard InChI is InChI=1S/C24H24N6O/c1-18-26-22(16-23(27-18)30-15-14-25-17-30)28-20-10-12-21(13-11-20)29-24(31)9-5-8-19-6-3-2-4-7-19/h2-4,6-7,10-17H,5,8-9H2,1H3,(H,29,31)(H,26,27,28). The molecule has 0 spiro atoms. The predicted molar refractivity (Wildman–Crippen MR) is 122 cm³/mol. The van der Waals surface area contributed by atoms with Crippen LogP contribution in [0.5, 0.6) is 0 Å². The number of carbonyl (C=O) groups is 1. The van der Waals surface area contributed by atoms with Crippen LogP contribution in [-0.4, -0.2) is 25.4 Å². The van der Waals surface area contributed by atoms with Crippen LogP contribution in [0.2, 0.25) is 0 Å². The SMILES string of the molecule is Cc1nc(Nc2ccc(NC(=O)CCCc3ccccc3)cc2)cc(-n2ccnc2)n1. The number of aryl methyl sites for hydroxylation is 2. The summed E-state index contributed by atoms with van der Waals surface area (Å²) in [5, 5.41) is 6.24. The Morgan fingerprint density at radius 1 is 1.00 bits per heavy atom. The quantitative estimate of drug-likeness (QED) is 0.439. The van der Waals surface area contributed by atoms with E-state index in [0.29, 0.717) is 18.1 Å². The number of rotatable bonds is 8. The minimum atomic E-state index is 0.0213. The van der Waals surface area contributed by atoms with Crippen LogP contribution in [0.1, 0.15) is 24.2 Å². The van der Waals surface area contributed by atoms with Crippen LogP contribution in [0, 0.1) is 6.92 Å². The number of nitrogens with zero attached hydrogens (tertiary/aromatic N) is 4. The molecule has 4 aromatic rings. The molecule has 0 unspecified atom stereocenters. The Balaban J connectivity index is 1.32. The minimum absolute atomic E-state index is 0.0213. The summed E-state index contributed by atoms with van der Waals surface area (Å²) in [6, 6.07) is 19.6. The maximum absolute atomic E-state index is 12.2. The van der Waals surface area contributed by atoms with Crippen molar-refractivity contribution in [3.8, 4) is 5.82 Å². The van der Waals surface area contributed by atoms with Gasteiger partial charge in [-0.1, -0.05) is 30.3 Å². The zero-order chi connectivity index (χ0) is 21.5. The highest BCUT2D eigenvalue weighted by Gasteiger charge is 2.06. The van der Waals surface area contributed by atoms with Gasteiger partial charge in [0.15, 0.2) is 0 Å². The molecule has 0 saturated carbocycles. The zero-order valence-electron chi connectivity index (χ0n) is 17.3. The zero-order valence-corrected chi connectivity index (χ0v) is 17.3. The number of hydrogen-bond donors (Lipinski definition) is 2. The van der Waals surface area contributed by atoms with Crippen LogP contribution in [0.4, 0.5) is 17.2 Å². The average molecular weight is 412 g/mol. The van der Waals surface area contributed by atoms with Gasteiger partial charge >= 0.3 is 0 Å². The molecule has 0 aliphatic heterocycles. The molecule has 0 radical (unpaired) electrons. The second-order valence-electron chi connectivity index (χ2n) is 7.22. The number of carbonyl (C=O) groups excluding carboxylic acids is 1. The van der Waals surface area contributed by atoms with E-state index < -0.39 is 0 Å². The molecule has 0 saturated heterocycles. The summed E-state index contributed by atoms with van der Waals surface area (Å²) in [7, 11) is 0. The third-order valence-corrected chi connectivity index (χ3v) is 4.75. The van der Waals surface area contributed by atoms with Crippen LogP contribution in [0.25, 0.3) is 5.82 Å². The topological polar surface area (TPSA) is 84.7 Å². The molecular formula is C24H24N6O. The Labute approximate surface area is 181 Å². The summed E-state index contributed by atoms with van der Waals surface area (Å²) in [6.45, 7) is 1.85. The molecule has 0 aliphatic carbocycles. The number of imidazole rings is 1. The van der Waals surface area contributed by atoms with Gasteiger partial charge in [-0.05, 0) is 49.6 Å². The molecule has 4 rings (SSSR count).